The van der Waals surface area contributed by atoms with Gasteiger partial charge in [0.25, 0.3) is 0 Å². The third-order valence-corrected chi connectivity index (χ3v) is 7.13. The number of halogens is 4. The Morgan fingerprint density at radius 2 is 1.77 bits per heavy atom. The first-order valence-electron chi connectivity index (χ1n) is 12.6. The lowest BCUT2D eigenvalue weighted by molar-refractivity contribution is -0.274. The second-order valence-electron chi connectivity index (χ2n) is 9.79. The molecule has 3 aromatic rings. The molecule has 0 aliphatic carbocycles. The zero-order valence-corrected chi connectivity index (χ0v) is 20.8. The Kier molecular flexibility index (Phi) is 7.41. The average Bonchev–Trinajstić information content (AvgIpc) is 3.43. The Hall–Kier alpha value is -4.14. The van der Waals surface area contributed by atoms with Gasteiger partial charge < -0.3 is 19.1 Å². The highest BCUT2D eigenvalue weighted by Crippen LogP contribution is 2.37. The SMILES string of the molecule is N#CC1CCN(C(=O)N2CC(c3ccc(OC(F)(F)F)cc3)CC(c3nc(-c4cccc(F)c4)no3)C2)CC1. The quantitative estimate of drug-likeness (QED) is 0.392. The second-order valence-corrected chi connectivity index (χ2v) is 9.79. The van der Waals surface area contributed by atoms with E-state index in [9.17, 15) is 27.6 Å². The van der Waals surface area contributed by atoms with Gasteiger partial charge in [0.15, 0.2) is 0 Å². The summed E-state index contributed by atoms with van der Waals surface area (Å²) in [5, 5.41) is 13.2. The van der Waals surface area contributed by atoms with Crippen LogP contribution in [0.15, 0.2) is 53.1 Å². The third kappa shape index (κ3) is 6.30. The summed E-state index contributed by atoms with van der Waals surface area (Å²) in [6, 6.07) is 13.5. The predicted octanol–water partition coefficient (Wildman–Crippen LogP) is 5.70. The molecule has 0 radical (unpaired) electrons. The van der Waals surface area contributed by atoms with Crippen molar-refractivity contribution in [1.29, 1.82) is 5.26 Å². The van der Waals surface area contributed by atoms with E-state index in [1.807, 2.05) is 0 Å². The molecule has 2 aliphatic heterocycles. The van der Waals surface area contributed by atoms with Crippen LogP contribution < -0.4 is 4.74 Å². The average molecular weight is 544 g/mol. The summed E-state index contributed by atoms with van der Waals surface area (Å²) >= 11 is 0. The van der Waals surface area contributed by atoms with E-state index in [2.05, 4.69) is 20.9 Å². The van der Waals surface area contributed by atoms with Crippen LogP contribution in [0, 0.1) is 23.1 Å². The number of urea groups is 1. The number of carbonyl (C=O) groups is 1. The number of hydrogen-bond donors (Lipinski definition) is 0. The summed E-state index contributed by atoms with van der Waals surface area (Å²) in [5.41, 5.74) is 1.19. The highest BCUT2D eigenvalue weighted by Gasteiger charge is 2.37. The van der Waals surface area contributed by atoms with Crippen molar-refractivity contribution in [2.24, 2.45) is 5.92 Å². The number of alkyl halides is 3. The van der Waals surface area contributed by atoms with E-state index < -0.39 is 12.2 Å². The van der Waals surface area contributed by atoms with Crippen LogP contribution in [0.2, 0.25) is 0 Å². The number of hydrogen-bond acceptors (Lipinski definition) is 6. The summed E-state index contributed by atoms with van der Waals surface area (Å²) in [5.74, 6) is -0.921. The largest absolute Gasteiger partial charge is 0.573 e. The van der Waals surface area contributed by atoms with Gasteiger partial charge in [-0.25, -0.2) is 9.18 Å². The fraction of sp³-hybridized carbons (Fsp3) is 0.407. The number of benzene rings is 2. The molecule has 2 amide bonds. The minimum atomic E-state index is -4.79. The molecule has 0 spiro atoms. The molecule has 2 unspecified atom stereocenters. The highest BCUT2D eigenvalue weighted by atomic mass is 19.4. The smallest absolute Gasteiger partial charge is 0.406 e. The normalized spacial score (nSPS) is 20.5. The molecule has 0 saturated carbocycles. The lowest BCUT2D eigenvalue weighted by atomic mass is 9.84. The van der Waals surface area contributed by atoms with Gasteiger partial charge in [0.1, 0.15) is 11.6 Å². The first-order chi connectivity index (χ1) is 18.7. The molecule has 3 heterocycles. The van der Waals surface area contributed by atoms with E-state index in [-0.39, 0.29) is 41.2 Å². The van der Waals surface area contributed by atoms with Crippen LogP contribution in [0.25, 0.3) is 11.4 Å². The standard InChI is InChI=1S/C27H25F4N5O3/c28-22-3-1-2-19(13-22)24-33-25(39-34-24)21-12-20(18-4-6-23(7-5-18)38-27(29,30)31)15-36(16-21)26(37)35-10-8-17(14-32)9-11-35/h1-7,13,17,20-21H,8-12,15-16H2. The van der Waals surface area contributed by atoms with Crippen molar-refractivity contribution in [2.45, 2.75) is 37.5 Å². The van der Waals surface area contributed by atoms with E-state index in [4.69, 9.17) is 4.52 Å². The summed E-state index contributed by atoms with van der Waals surface area (Å²) in [4.78, 5) is 21.4. The molecule has 0 N–H and O–H groups in total. The number of nitriles is 1. The fourth-order valence-electron chi connectivity index (χ4n) is 5.16. The van der Waals surface area contributed by atoms with Gasteiger partial charge in [-0.3, -0.25) is 0 Å². The summed E-state index contributed by atoms with van der Waals surface area (Å²) < 4.78 is 61.1. The van der Waals surface area contributed by atoms with E-state index in [0.29, 0.717) is 51.0 Å². The number of likely N-dealkylation sites (tertiary alicyclic amines) is 2. The van der Waals surface area contributed by atoms with Gasteiger partial charge >= 0.3 is 12.4 Å². The second kappa shape index (κ2) is 10.9. The Labute approximate surface area is 221 Å². The Balaban J connectivity index is 1.39. The summed E-state index contributed by atoms with van der Waals surface area (Å²) in [7, 11) is 0. The predicted molar refractivity (Wildman–Crippen MR) is 130 cm³/mol. The van der Waals surface area contributed by atoms with Gasteiger partial charge in [0.2, 0.25) is 11.7 Å². The Bertz CT molecular complexity index is 1350. The number of carbonyl (C=O) groups excluding carboxylic acids is 1. The van der Waals surface area contributed by atoms with E-state index in [1.54, 1.807) is 34.1 Å². The van der Waals surface area contributed by atoms with Gasteiger partial charge in [-0.2, -0.15) is 10.2 Å². The van der Waals surface area contributed by atoms with Gasteiger partial charge in [-0.15, -0.1) is 13.2 Å². The van der Waals surface area contributed by atoms with Crippen LogP contribution in [0.5, 0.6) is 5.75 Å². The van der Waals surface area contributed by atoms with Crippen LogP contribution >= 0.6 is 0 Å². The van der Waals surface area contributed by atoms with Gasteiger partial charge in [-0.1, -0.05) is 29.4 Å². The number of nitrogens with zero attached hydrogens (tertiary/aromatic N) is 5. The molecule has 2 saturated heterocycles. The minimum absolute atomic E-state index is 0.0760. The van der Waals surface area contributed by atoms with Crippen molar-refractivity contribution in [1.82, 2.24) is 19.9 Å². The van der Waals surface area contributed by atoms with Gasteiger partial charge in [0.05, 0.1) is 12.0 Å². The zero-order chi connectivity index (χ0) is 27.6. The van der Waals surface area contributed by atoms with Gasteiger partial charge in [-0.05, 0) is 49.1 Å². The first-order valence-corrected chi connectivity index (χ1v) is 12.6. The van der Waals surface area contributed by atoms with Crippen LogP contribution in [0.3, 0.4) is 0 Å². The van der Waals surface area contributed by atoms with Crippen LogP contribution in [-0.2, 0) is 0 Å². The lowest BCUT2D eigenvalue weighted by Gasteiger charge is -2.40. The first kappa shape index (κ1) is 26.5. The van der Waals surface area contributed by atoms with Crippen LogP contribution in [0.4, 0.5) is 22.4 Å². The van der Waals surface area contributed by atoms with Crippen molar-refractivity contribution in [3.8, 4) is 23.2 Å². The Morgan fingerprint density at radius 3 is 2.44 bits per heavy atom. The maximum atomic E-state index is 13.7. The fourth-order valence-corrected chi connectivity index (χ4v) is 5.16. The van der Waals surface area contributed by atoms with E-state index in [0.717, 1.165) is 5.56 Å². The molecule has 39 heavy (non-hydrogen) atoms. The van der Waals surface area contributed by atoms with Gasteiger partial charge in [0, 0.05) is 43.6 Å². The minimum Gasteiger partial charge on any atom is -0.406 e. The molecular formula is C27H25F4N5O3. The van der Waals surface area contributed by atoms with Crippen molar-refractivity contribution in [3.63, 3.8) is 0 Å². The molecule has 8 nitrogen and oxygen atoms in total. The zero-order valence-electron chi connectivity index (χ0n) is 20.8. The van der Waals surface area contributed by atoms with Crippen LogP contribution in [0.1, 0.15) is 42.6 Å². The van der Waals surface area contributed by atoms with Crippen molar-refractivity contribution < 1.29 is 31.6 Å². The molecule has 2 fully saturated rings. The van der Waals surface area contributed by atoms with Crippen LogP contribution in [-0.4, -0.2) is 58.5 Å². The maximum absolute atomic E-state index is 13.7. The number of rotatable bonds is 4. The number of ether oxygens (including phenoxy) is 1. The third-order valence-electron chi connectivity index (χ3n) is 7.13. The molecule has 5 rings (SSSR count). The molecule has 12 heteroatoms. The van der Waals surface area contributed by atoms with Crippen molar-refractivity contribution >= 4 is 6.03 Å². The number of piperidine rings is 2. The number of amides is 2. The molecule has 2 aliphatic rings. The molecule has 1 aromatic heterocycles. The molecular weight excluding hydrogens is 518 g/mol. The lowest BCUT2D eigenvalue weighted by Crippen LogP contribution is -2.51. The van der Waals surface area contributed by atoms with Crippen molar-refractivity contribution in [3.05, 3.63) is 65.8 Å². The van der Waals surface area contributed by atoms with E-state index in [1.165, 1.54) is 24.3 Å². The van der Waals surface area contributed by atoms with E-state index >= 15 is 0 Å². The topological polar surface area (TPSA) is 95.5 Å². The summed E-state index contributed by atoms with van der Waals surface area (Å²) in [6.07, 6.45) is -3.09. The molecule has 2 atom stereocenters. The summed E-state index contributed by atoms with van der Waals surface area (Å²) in [6.45, 7) is 1.58. The molecule has 2 aromatic carbocycles. The number of aromatic nitrogens is 2. The maximum Gasteiger partial charge on any atom is 0.573 e. The Morgan fingerprint density at radius 1 is 1.05 bits per heavy atom. The molecule has 0 bridgehead atoms. The highest BCUT2D eigenvalue weighted by molar-refractivity contribution is 5.75. The van der Waals surface area contributed by atoms with Crippen molar-refractivity contribution in [2.75, 3.05) is 26.2 Å². The molecule has 204 valence electrons. The monoisotopic (exact) mass is 543 g/mol.